The first-order valence-electron chi connectivity index (χ1n) is 1.78. The SMILES string of the molecule is CONCCO. The topological polar surface area (TPSA) is 41.5 Å². The zero-order valence-corrected chi connectivity index (χ0v) is 3.77. The van der Waals surface area contributed by atoms with Crippen molar-refractivity contribution in [1.29, 1.82) is 0 Å². The summed E-state index contributed by atoms with van der Waals surface area (Å²) >= 11 is 0. The van der Waals surface area contributed by atoms with E-state index in [2.05, 4.69) is 10.3 Å². The Morgan fingerprint density at radius 1 is 1.83 bits per heavy atom. The molecule has 6 heavy (non-hydrogen) atoms. The van der Waals surface area contributed by atoms with E-state index in [1.807, 2.05) is 0 Å². The summed E-state index contributed by atoms with van der Waals surface area (Å²) in [6.45, 7) is 0.615. The second-order valence-corrected chi connectivity index (χ2v) is 0.822. The molecule has 0 aromatic heterocycles. The molecule has 3 heteroatoms. The third kappa shape index (κ3) is 3.88. The molecular formula is C3H9NO2. The molecule has 0 aromatic carbocycles. The molecule has 0 unspecified atom stereocenters. The van der Waals surface area contributed by atoms with Gasteiger partial charge in [0.05, 0.1) is 13.7 Å². The van der Waals surface area contributed by atoms with Gasteiger partial charge in [-0.2, -0.15) is 0 Å². The highest BCUT2D eigenvalue weighted by molar-refractivity contribution is 4.22. The van der Waals surface area contributed by atoms with Gasteiger partial charge in [-0.25, -0.2) is 5.48 Å². The minimum Gasteiger partial charge on any atom is -0.395 e. The van der Waals surface area contributed by atoms with E-state index in [9.17, 15) is 0 Å². The van der Waals surface area contributed by atoms with Crippen LogP contribution in [0.25, 0.3) is 0 Å². The Morgan fingerprint density at radius 2 is 2.50 bits per heavy atom. The van der Waals surface area contributed by atoms with Crippen LogP contribution in [0.3, 0.4) is 0 Å². The van der Waals surface area contributed by atoms with E-state index >= 15 is 0 Å². The number of aliphatic hydroxyl groups is 1. The maximum Gasteiger partial charge on any atom is 0.0579 e. The smallest absolute Gasteiger partial charge is 0.0579 e. The van der Waals surface area contributed by atoms with Crippen molar-refractivity contribution in [3.8, 4) is 0 Å². The van der Waals surface area contributed by atoms with Crippen molar-refractivity contribution in [2.75, 3.05) is 20.3 Å². The standard InChI is InChI=1S/C3H9NO2/c1-6-4-2-3-5/h4-5H,2-3H2,1H3. The van der Waals surface area contributed by atoms with Gasteiger partial charge >= 0.3 is 0 Å². The number of hydroxylamine groups is 1. The first-order valence-corrected chi connectivity index (χ1v) is 1.78. The molecule has 0 amide bonds. The quantitative estimate of drug-likeness (QED) is 0.350. The van der Waals surface area contributed by atoms with Gasteiger partial charge in [0.15, 0.2) is 0 Å². The molecular weight excluding hydrogens is 82.0 g/mol. The molecule has 0 rings (SSSR count). The van der Waals surface area contributed by atoms with Crippen molar-refractivity contribution in [3.05, 3.63) is 0 Å². The van der Waals surface area contributed by atoms with E-state index in [0.717, 1.165) is 0 Å². The molecule has 2 N–H and O–H groups in total. The lowest BCUT2D eigenvalue weighted by atomic mass is 10.7. The Labute approximate surface area is 36.9 Å². The van der Waals surface area contributed by atoms with Crippen molar-refractivity contribution in [2.24, 2.45) is 0 Å². The summed E-state index contributed by atoms with van der Waals surface area (Å²) in [7, 11) is 1.51. The van der Waals surface area contributed by atoms with E-state index < -0.39 is 0 Å². The van der Waals surface area contributed by atoms with Gasteiger partial charge in [0, 0.05) is 6.54 Å². The van der Waals surface area contributed by atoms with Gasteiger partial charge in [-0.3, -0.25) is 0 Å². The largest absolute Gasteiger partial charge is 0.395 e. The van der Waals surface area contributed by atoms with E-state index in [1.54, 1.807) is 0 Å². The van der Waals surface area contributed by atoms with Crippen LogP contribution in [-0.2, 0) is 4.84 Å². The van der Waals surface area contributed by atoms with E-state index in [0.29, 0.717) is 6.54 Å². The second-order valence-electron chi connectivity index (χ2n) is 0.822. The van der Waals surface area contributed by atoms with Gasteiger partial charge in [-0.05, 0) is 0 Å². The van der Waals surface area contributed by atoms with E-state index in [4.69, 9.17) is 5.11 Å². The summed E-state index contributed by atoms with van der Waals surface area (Å²) in [6.07, 6.45) is 0. The molecule has 0 heterocycles. The minimum atomic E-state index is 0.119. The number of rotatable bonds is 3. The molecule has 0 bridgehead atoms. The Morgan fingerprint density at radius 3 is 2.67 bits per heavy atom. The third-order valence-corrected chi connectivity index (χ3v) is 0.358. The zero-order valence-electron chi connectivity index (χ0n) is 3.77. The highest BCUT2D eigenvalue weighted by Crippen LogP contribution is 1.51. The summed E-state index contributed by atoms with van der Waals surface area (Å²) in [5, 5.41) is 8.05. The maximum atomic E-state index is 8.05. The van der Waals surface area contributed by atoms with Crippen molar-refractivity contribution in [1.82, 2.24) is 5.48 Å². The van der Waals surface area contributed by atoms with Crippen molar-refractivity contribution >= 4 is 0 Å². The van der Waals surface area contributed by atoms with Crippen LogP contribution in [-0.4, -0.2) is 25.4 Å². The molecule has 0 fully saturated rings. The predicted molar refractivity (Wildman–Crippen MR) is 22.1 cm³/mol. The normalized spacial score (nSPS) is 9.00. The second kappa shape index (κ2) is 4.88. The van der Waals surface area contributed by atoms with Crippen LogP contribution in [0.15, 0.2) is 0 Å². The van der Waals surface area contributed by atoms with Gasteiger partial charge in [-0.1, -0.05) is 0 Å². The lowest BCUT2D eigenvalue weighted by Crippen LogP contribution is -2.15. The van der Waals surface area contributed by atoms with Gasteiger partial charge < -0.3 is 9.94 Å². The molecule has 0 aromatic rings. The van der Waals surface area contributed by atoms with Crippen LogP contribution >= 0.6 is 0 Å². The molecule has 0 aliphatic rings. The first-order chi connectivity index (χ1) is 2.91. The van der Waals surface area contributed by atoms with Crippen LogP contribution < -0.4 is 5.48 Å². The number of hydrogen-bond donors (Lipinski definition) is 2. The van der Waals surface area contributed by atoms with Crippen LogP contribution in [0.1, 0.15) is 0 Å². The minimum absolute atomic E-state index is 0.119. The van der Waals surface area contributed by atoms with E-state index in [-0.39, 0.29) is 6.61 Å². The van der Waals surface area contributed by atoms with Crippen LogP contribution in [0, 0.1) is 0 Å². The number of aliphatic hydroxyl groups excluding tert-OH is 1. The van der Waals surface area contributed by atoms with Crippen LogP contribution in [0.4, 0.5) is 0 Å². The molecule has 38 valence electrons. The molecule has 0 saturated carbocycles. The van der Waals surface area contributed by atoms with Gasteiger partial charge in [0.1, 0.15) is 0 Å². The average molecular weight is 91.1 g/mol. The average Bonchev–Trinajstić information content (AvgIpc) is 1.61. The molecule has 3 nitrogen and oxygen atoms in total. The fraction of sp³-hybridized carbons (Fsp3) is 1.00. The van der Waals surface area contributed by atoms with Gasteiger partial charge in [0.25, 0.3) is 0 Å². The predicted octanol–water partition coefficient (Wildman–Crippen LogP) is -0.870. The first kappa shape index (κ1) is 5.88. The number of hydrogen-bond acceptors (Lipinski definition) is 3. The summed E-state index contributed by atoms with van der Waals surface area (Å²) < 4.78 is 0. The summed E-state index contributed by atoms with van der Waals surface area (Å²) in [4.78, 5) is 4.37. The Bertz CT molecular complexity index is 20.8. The molecule has 0 aliphatic heterocycles. The highest BCUT2D eigenvalue weighted by Gasteiger charge is 1.72. The molecule has 0 aliphatic carbocycles. The molecule has 0 spiro atoms. The monoisotopic (exact) mass is 91.1 g/mol. The van der Waals surface area contributed by atoms with E-state index in [1.165, 1.54) is 7.11 Å². The van der Waals surface area contributed by atoms with Gasteiger partial charge in [0.2, 0.25) is 0 Å². The Kier molecular flexibility index (Phi) is 4.78. The third-order valence-electron chi connectivity index (χ3n) is 0.358. The maximum absolute atomic E-state index is 8.05. The highest BCUT2D eigenvalue weighted by atomic mass is 16.6. The molecule has 0 radical (unpaired) electrons. The number of nitrogens with one attached hydrogen (secondary N) is 1. The van der Waals surface area contributed by atoms with Gasteiger partial charge in [-0.15, -0.1) is 0 Å². The van der Waals surface area contributed by atoms with Crippen molar-refractivity contribution in [2.45, 2.75) is 0 Å². The lowest BCUT2D eigenvalue weighted by molar-refractivity contribution is 0.0778. The molecule has 0 saturated heterocycles. The fourth-order valence-corrected chi connectivity index (χ4v) is 0.148. The fourth-order valence-electron chi connectivity index (χ4n) is 0.148. The lowest BCUT2D eigenvalue weighted by Gasteiger charge is -1.92. The molecule has 0 atom stereocenters. The summed E-state index contributed by atoms with van der Waals surface area (Å²) in [6, 6.07) is 0. The Balaban J connectivity index is 2.34. The van der Waals surface area contributed by atoms with Crippen LogP contribution in [0.2, 0.25) is 0 Å². The van der Waals surface area contributed by atoms with Crippen LogP contribution in [0.5, 0.6) is 0 Å². The van der Waals surface area contributed by atoms with Crippen molar-refractivity contribution in [3.63, 3.8) is 0 Å². The van der Waals surface area contributed by atoms with Crippen molar-refractivity contribution < 1.29 is 9.94 Å². The summed E-state index contributed by atoms with van der Waals surface area (Å²) in [5.74, 6) is 0. The zero-order chi connectivity index (χ0) is 4.83. The summed E-state index contributed by atoms with van der Waals surface area (Å²) in [5.41, 5.74) is 2.45. The Hall–Kier alpha value is -0.120.